The number of carbonyl (C=O) groups excluding carboxylic acids is 1. The predicted octanol–water partition coefficient (Wildman–Crippen LogP) is 3.93. The molecule has 0 bridgehead atoms. The Balaban J connectivity index is 1.60. The normalized spacial score (nSPS) is 14.0. The van der Waals surface area contributed by atoms with Gasteiger partial charge >= 0.3 is 0 Å². The zero-order chi connectivity index (χ0) is 18.8. The van der Waals surface area contributed by atoms with Crippen LogP contribution < -0.4 is 10.9 Å². The minimum Gasteiger partial charge on any atom is -0.325 e. The number of benzene rings is 1. The fourth-order valence-electron chi connectivity index (χ4n) is 3.69. The highest BCUT2D eigenvalue weighted by Crippen LogP contribution is 2.32. The molecule has 6 heteroatoms. The molecule has 0 radical (unpaired) electrons. The Morgan fingerprint density at radius 1 is 1.26 bits per heavy atom. The number of carbonyl (C=O) groups is 1. The van der Waals surface area contributed by atoms with E-state index in [1.807, 2.05) is 24.3 Å². The summed E-state index contributed by atoms with van der Waals surface area (Å²) < 4.78 is 1.43. The van der Waals surface area contributed by atoms with E-state index in [1.165, 1.54) is 28.6 Å². The maximum atomic E-state index is 13.0. The van der Waals surface area contributed by atoms with Crippen molar-refractivity contribution in [2.45, 2.75) is 52.0 Å². The van der Waals surface area contributed by atoms with E-state index in [-0.39, 0.29) is 18.0 Å². The van der Waals surface area contributed by atoms with Gasteiger partial charge < -0.3 is 5.32 Å². The molecule has 3 aromatic rings. The molecule has 1 N–H and O–H groups in total. The van der Waals surface area contributed by atoms with Crippen LogP contribution in [0.5, 0.6) is 0 Å². The Kier molecular flexibility index (Phi) is 5.07. The molecule has 5 nitrogen and oxygen atoms in total. The maximum absolute atomic E-state index is 13.0. The molecular weight excluding hydrogens is 358 g/mol. The second-order valence-corrected chi connectivity index (χ2v) is 8.11. The first-order valence-corrected chi connectivity index (χ1v) is 10.4. The summed E-state index contributed by atoms with van der Waals surface area (Å²) >= 11 is 1.64. The van der Waals surface area contributed by atoms with E-state index < -0.39 is 0 Å². The summed E-state index contributed by atoms with van der Waals surface area (Å²) in [5, 5.41) is 3.61. The van der Waals surface area contributed by atoms with Crippen LogP contribution in [0.1, 0.15) is 42.2 Å². The molecule has 0 saturated carbocycles. The van der Waals surface area contributed by atoms with Crippen LogP contribution in [-0.4, -0.2) is 15.5 Å². The van der Waals surface area contributed by atoms with Crippen molar-refractivity contribution in [3.8, 4) is 0 Å². The molecule has 2 heterocycles. The maximum Gasteiger partial charge on any atom is 0.262 e. The van der Waals surface area contributed by atoms with Gasteiger partial charge in [-0.1, -0.05) is 25.5 Å². The van der Waals surface area contributed by atoms with Crippen LogP contribution in [0.4, 0.5) is 5.69 Å². The van der Waals surface area contributed by atoms with Crippen LogP contribution in [0.15, 0.2) is 35.4 Å². The molecule has 1 aliphatic carbocycles. The Morgan fingerprint density at radius 3 is 2.96 bits per heavy atom. The third-order valence-electron chi connectivity index (χ3n) is 5.12. The highest BCUT2D eigenvalue weighted by Gasteiger charge is 2.19. The van der Waals surface area contributed by atoms with E-state index in [1.54, 1.807) is 11.3 Å². The van der Waals surface area contributed by atoms with Crippen LogP contribution >= 0.6 is 11.3 Å². The van der Waals surface area contributed by atoms with Gasteiger partial charge in [-0.05, 0) is 55.4 Å². The van der Waals surface area contributed by atoms with E-state index in [0.717, 1.165) is 52.7 Å². The molecule has 2 aromatic heterocycles. The third kappa shape index (κ3) is 3.67. The zero-order valence-corrected chi connectivity index (χ0v) is 16.3. The molecule has 0 spiro atoms. The van der Waals surface area contributed by atoms with Crippen LogP contribution in [0.2, 0.25) is 0 Å². The molecule has 27 heavy (non-hydrogen) atoms. The third-order valence-corrected chi connectivity index (χ3v) is 6.32. The molecule has 0 fully saturated rings. The lowest BCUT2D eigenvalue weighted by Crippen LogP contribution is -2.28. The second kappa shape index (κ2) is 7.64. The number of hydrogen-bond donors (Lipinski definition) is 1. The van der Waals surface area contributed by atoms with Gasteiger partial charge in [-0.2, -0.15) is 0 Å². The topological polar surface area (TPSA) is 64.0 Å². The average Bonchev–Trinajstić information content (AvgIpc) is 2.86. The van der Waals surface area contributed by atoms with E-state index in [9.17, 15) is 9.59 Å². The lowest BCUT2D eigenvalue weighted by atomic mass is 10.1. The first kappa shape index (κ1) is 17.9. The Hall–Kier alpha value is -2.47. The molecular formula is C21H23N3O2S. The summed E-state index contributed by atoms with van der Waals surface area (Å²) in [5.41, 5.74) is 2.98. The quantitative estimate of drug-likeness (QED) is 0.697. The molecule has 140 valence electrons. The Labute approximate surface area is 162 Å². The number of aromatic nitrogens is 2. The van der Waals surface area contributed by atoms with Crippen molar-refractivity contribution >= 4 is 33.1 Å². The Bertz CT molecular complexity index is 1050. The molecule has 1 aromatic carbocycles. The van der Waals surface area contributed by atoms with Crippen molar-refractivity contribution in [1.82, 2.24) is 9.55 Å². The number of thiophene rings is 1. The van der Waals surface area contributed by atoms with Crippen LogP contribution in [0, 0.1) is 0 Å². The number of fused-ring (bicyclic) bond motifs is 3. The van der Waals surface area contributed by atoms with Gasteiger partial charge in [-0.25, -0.2) is 4.98 Å². The second-order valence-electron chi connectivity index (χ2n) is 7.02. The summed E-state index contributed by atoms with van der Waals surface area (Å²) in [6.07, 6.45) is 7.87. The van der Waals surface area contributed by atoms with Gasteiger partial charge in [-0.15, -0.1) is 11.3 Å². The van der Waals surface area contributed by atoms with Gasteiger partial charge in [0.15, 0.2) is 0 Å². The van der Waals surface area contributed by atoms with Gasteiger partial charge in [0, 0.05) is 10.6 Å². The Morgan fingerprint density at radius 2 is 2.11 bits per heavy atom. The summed E-state index contributed by atoms with van der Waals surface area (Å²) in [6.45, 7) is 2.05. The summed E-state index contributed by atoms with van der Waals surface area (Å²) in [5.74, 6) is -0.215. The minimum atomic E-state index is -0.215. The number of amides is 1. The van der Waals surface area contributed by atoms with Crippen molar-refractivity contribution in [2.24, 2.45) is 0 Å². The number of anilines is 1. The van der Waals surface area contributed by atoms with E-state index >= 15 is 0 Å². The lowest BCUT2D eigenvalue weighted by molar-refractivity contribution is -0.116. The molecule has 0 unspecified atom stereocenters. The van der Waals surface area contributed by atoms with Crippen LogP contribution in [0.25, 0.3) is 10.2 Å². The van der Waals surface area contributed by atoms with Crippen molar-refractivity contribution in [1.29, 1.82) is 0 Å². The first-order valence-electron chi connectivity index (χ1n) is 9.54. The number of nitrogens with one attached hydrogen (secondary N) is 1. The van der Waals surface area contributed by atoms with Gasteiger partial charge in [0.2, 0.25) is 5.91 Å². The van der Waals surface area contributed by atoms with E-state index in [2.05, 4.69) is 17.2 Å². The van der Waals surface area contributed by atoms with Crippen LogP contribution in [0.3, 0.4) is 0 Å². The first-order chi connectivity index (χ1) is 13.2. The van der Waals surface area contributed by atoms with Crippen molar-refractivity contribution in [3.63, 3.8) is 0 Å². The summed E-state index contributed by atoms with van der Waals surface area (Å²) in [4.78, 5) is 32.0. The largest absolute Gasteiger partial charge is 0.325 e. The highest BCUT2D eigenvalue weighted by molar-refractivity contribution is 7.18. The number of aryl methyl sites for hydroxylation is 3. The van der Waals surface area contributed by atoms with Crippen molar-refractivity contribution in [2.75, 3.05) is 5.32 Å². The SMILES string of the molecule is CCc1cccc(NC(=O)Cn2cnc3sc4c(c3c2=O)CCCCC4)c1. The smallest absolute Gasteiger partial charge is 0.262 e. The summed E-state index contributed by atoms with van der Waals surface area (Å²) in [6, 6.07) is 7.77. The standard InChI is InChI=1S/C21H23N3O2S/c1-2-14-7-6-8-15(11-14)23-18(25)12-24-13-22-20-19(21(24)26)16-9-4-3-5-10-17(16)27-20/h6-8,11,13H,2-5,9-10,12H2,1H3,(H,23,25). The highest BCUT2D eigenvalue weighted by atomic mass is 32.1. The molecule has 0 saturated heterocycles. The summed E-state index contributed by atoms with van der Waals surface area (Å²) in [7, 11) is 0. The van der Waals surface area contributed by atoms with E-state index in [0.29, 0.717) is 0 Å². The zero-order valence-electron chi connectivity index (χ0n) is 15.5. The molecule has 1 aliphatic rings. The van der Waals surface area contributed by atoms with Gasteiger partial charge in [0.25, 0.3) is 5.56 Å². The molecule has 4 rings (SSSR count). The number of nitrogens with zero attached hydrogens (tertiary/aromatic N) is 2. The monoisotopic (exact) mass is 381 g/mol. The fraction of sp³-hybridized carbons (Fsp3) is 0.381. The van der Waals surface area contributed by atoms with Gasteiger partial charge in [-0.3, -0.25) is 14.2 Å². The van der Waals surface area contributed by atoms with Gasteiger partial charge in [0.1, 0.15) is 11.4 Å². The minimum absolute atomic E-state index is 0.0251. The molecule has 0 atom stereocenters. The lowest BCUT2D eigenvalue weighted by Gasteiger charge is -2.08. The number of hydrogen-bond acceptors (Lipinski definition) is 4. The fourth-order valence-corrected chi connectivity index (χ4v) is 4.91. The molecule has 1 amide bonds. The van der Waals surface area contributed by atoms with Gasteiger partial charge in [0.05, 0.1) is 11.7 Å². The van der Waals surface area contributed by atoms with Crippen LogP contribution in [-0.2, 0) is 30.6 Å². The average molecular weight is 382 g/mol. The van der Waals surface area contributed by atoms with Crippen molar-refractivity contribution < 1.29 is 4.79 Å². The molecule has 0 aliphatic heterocycles. The predicted molar refractivity (Wildman–Crippen MR) is 110 cm³/mol. The number of rotatable bonds is 4. The van der Waals surface area contributed by atoms with Crippen molar-refractivity contribution in [3.05, 3.63) is 57.0 Å². The van der Waals surface area contributed by atoms with E-state index in [4.69, 9.17) is 0 Å².